The van der Waals surface area contributed by atoms with Crippen molar-refractivity contribution in [2.45, 2.75) is 39.3 Å². The highest BCUT2D eigenvalue weighted by molar-refractivity contribution is 6.82. The first-order valence-corrected chi connectivity index (χ1v) is 13.5. The molecule has 0 aromatic carbocycles. The van der Waals surface area contributed by atoms with Crippen molar-refractivity contribution in [3.63, 3.8) is 0 Å². The van der Waals surface area contributed by atoms with Gasteiger partial charge in [0.1, 0.15) is 0 Å². The third kappa shape index (κ3) is 9.06. The fourth-order valence-corrected chi connectivity index (χ4v) is 9.50. The van der Waals surface area contributed by atoms with Crippen LogP contribution in [0.4, 0.5) is 0 Å². The topological polar surface area (TPSA) is 58.9 Å². The molecule has 0 atom stereocenters. The van der Waals surface area contributed by atoms with Crippen LogP contribution in [0.5, 0.6) is 0 Å². The van der Waals surface area contributed by atoms with Crippen molar-refractivity contribution in [3.8, 4) is 0 Å². The lowest BCUT2D eigenvalue weighted by Gasteiger charge is -2.31. The van der Waals surface area contributed by atoms with Gasteiger partial charge in [-0.2, -0.15) is 0 Å². The van der Waals surface area contributed by atoms with Crippen LogP contribution >= 0.6 is 0 Å². The van der Waals surface area contributed by atoms with Gasteiger partial charge in [-0.3, -0.25) is 0 Å². The monoisotopic (exact) mass is 254 g/mol. The molecule has 0 bridgehead atoms. The first-order chi connectivity index (χ1) is 5.91. The Hall–Kier alpha value is 0.491. The highest BCUT2D eigenvalue weighted by Crippen LogP contribution is 2.14. The zero-order valence-corrected chi connectivity index (χ0v) is 12.9. The minimum atomic E-state index is -2.47. The van der Waals surface area contributed by atoms with E-state index in [4.69, 9.17) is 8.54 Å². The van der Waals surface area contributed by atoms with Gasteiger partial charge in [0, 0.05) is 0 Å². The Morgan fingerprint density at radius 2 is 1.29 bits per heavy atom. The van der Waals surface area contributed by atoms with E-state index in [0.717, 1.165) is 0 Å². The Balaban J connectivity index is 4.09. The van der Waals surface area contributed by atoms with Crippen molar-refractivity contribution in [3.05, 3.63) is 0 Å². The molecule has 0 spiro atoms. The lowest BCUT2D eigenvalue weighted by atomic mass is 11.7. The molecule has 0 amide bonds. The smallest absolute Gasteiger partial charge is 0.328 e. The molecule has 0 aliphatic rings. The molecule has 0 aromatic rings. The maximum absolute atomic E-state index is 9.63. The van der Waals surface area contributed by atoms with E-state index in [1.165, 1.54) is 0 Å². The average Bonchev–Trinajstić information content (AvgIpc) is 1.76. The molecule has 0 saturated carbocycles. The van der Waals surface area contributed by atoms with E-state index in [0.29, 0.717) is 6.23 Å². The zero-order valence-electron chi connectivity index (χ0n) is 9.92. The maximum Gasteiger partial charge on any atom is 0.328 e. The van der Waals surface area contributed by atoms with Crippen molar-refractivity contribution in [2.24, 2.45) is 0 Å². The summed E-state index contributed by atoms with van der Waals surface area (Å²) in [5.41, 5.74) is 0. The van der Waals surface area contributed by atoms with Crippen LogP contribution in [0.2, 0.25) is 39.3 Å². The molecule has 0 aromatic heterocycles. The van der Waals surface area contributed by atoms with Gasteiger partial charge in [0.15, 0.2) is 8.32 Å². The summed E-state index contributed by atoms with van der Waals surface area (Å²) in [4.78, 5) is 19.1. The van der Waals surface area contributed by atoms with Crippen LogP contribution in [-0.2, 0) is 8.54 Å². The lowest BCUT2D eigenvalue weighted by molar-refractivity contribution is 0.263. The van der Waals surface area contributed by atoms with Crippen molar-refractivity contribution < 1.29 is 18.1 Å². The Bertz CT molecular complexity index is 182. The normalized spacial score (nSPS) is 14.6. The highest BCUT2D eigenvalue weighted by atomic mass is 28.4. The molecule has 0 heterocycles. The van der Waals surface area contributed by atoms with E-state index in [1.807, 2.05) is 13.1 Å². The molecule has 14 heavy (non-hydrogen) atoms. The Morgan fingerprint density at radius 1 is 0.857 bits per heavy atom. The summed E-state index contributed by atoms with van der Waals surface area (Å²) in [5.74, 6) is 0. The lowest BCUT2D eigenvalue weighted by Crippen LogP contribution is -2.50. The summed E-state index contributed by atoms with van der Waals surface area (Å²) in [7, 11) is -6.91. The second kappa shape index (κ2) is 4.56. The molecule has 2 N–H and O–H groups in total. The summed E-state index contributed by atoms with van der Waals surface area (Å²) in [6.45, 7) is 10.9. The van der Waals surface area contributed by atoms with Gasteiger partial charge in [-0.1, -0.05) is 0 Å². The van der Waals surface area contributed by atoms with Gasteiger partial charge in [0.05, 0.1) is 6.23 Å². The van der Waals surface area contributed by atoms with Crippen molar-refractivity contribution >= 4 is 25.4 Å². The highest BCUT2D eigenvalue weighted by Gasteiger charge is 2.34. The Kier molecular flexibility index (Phi) is 4.72. The van der Waals surface area contributed by atoms with Gasteiger partial charge in [-0.05, 0) is 39.3 Å². The van der Waals surface area contributed by atoms with Gasteiger partial charge in [0.2, 0.25) is 0 Å². The molecule has 0 fully saturated rings. The molecule has 0 radical (unpaired) electrons. The van der Waals surface area contributed by atoms with Crippen LogP contribution < -0.4 is 0 Å². The van der Waals surface area contributed by atoms with E-state index in [9.17, 15) is 9.59 Å². The standard InChI is InChI=1S/C7H22O4Si3/c1-12(2,11-14(5,6)9)7-10-13(3,4)8/h8-9H,7H2,1-6H3. The first kappa shape index (κ1) is 14.5. The molecular formula is C7H22O4Si3. The van der Waals surface area contributed by atoms with Gasteiger partial charge in [0.25, 0.3) is 0 Å². The van der Waals surface area contributed by atoms with E-state index in [1.54, 1.807) is 26.2 Å². The minimum Gasteiger partial charge on any atom is -0.434 e. The van der Waals surface area contributed by atoms with Crippen LogP contribution in [0.15, 0.2) is 0 Å². The summed E-state index contributed by atoms with van der Waals surface area (Å²) >= 11 is 0. The van der Waals surface area contributed by atoms with Crippen LogP contribution in [0.25, 0.3) is 0 Å². The summed E-state index contributed by atoms with van der Waals surface area (Å²) in [6.07, 6.45) is 0.444. The van der Waals surface area contributed by atoms with E-state index in [-0.39, 0.29) is 0 Å². The zero-order chi connectivity index (χ0) is 11.6. The fraction of sp³-hybridized carbons (Fsp3) is 1.00. The van der Waals surface area contributed by atoms with Crippen molar-refractivity contribution in [2.75, 3.05) is 6.23 Å². The fourth-order valence-electron chi connectivity index (χ4n) is 1.06. The maximum atomic E-state index is 9.63. The van der Waals surface area contributed by atoms with Gasteiger partial charge in [-0.25, -0.2) is 0 Å². The summed E-state index contributed by atoms with van der Waals surface area (Å²) in [5, 5.41) is 0. The summed E-state index contributed by atoms with van der Waals surface area (Å²) < 4.78 is 11.0. The number of hydrogen-bond acceptors (Lipinski definition) is 4. The van der Waals surface area contributed by atoms with Crippen molar-refractivity contribution in [1.82, 2.24) is 0 Å². The Morgan fingerprint density at radius 3 is 1.57 bits per heavy atom. The molecule has 0 aliphatic heterocycles. The predicted octanol–water partition coefficient (Wildman–Crippen LogP) is 1.15. The second-order valence-electron chi connectivity index (χ2n) is 5.04. The van der Waals surface area contributed by atoms with Gasteiger partial charge < -0.3 is 18.1 Å². The molecule has 7 heteroatoms. The average molecular weight is 255 g/mol. The molecule has 86 valence electrons. The molecular weight excluding hydrogens is 232 g/mol. The number of hydrogen-bond donors (Lipinski definition) is 2. The Labute approximate surface area is 89.5 Å². The van der Waals surface area contributed by atoms with Crippen LogP contribution in [0, 0.1) is 0 Å². The first-order valence-electron chi connectivity index (χ1n) is 4.70. The van der Waals surface area contributed by atoms with Crippen LogP contribution in [0.1, 0.15) is 0 Å². The minimum absolute atomic E-state index is 0.444. The third-order valence-corrected chi connectivity index (χ3v) is 7.49. The second-order valence-corrected chi connectivity index (χ2v) is 15.7. The molecule has 0 aliphatic carbocycles. The van der Waals surface area contributed by atoms with E-state index < -0.39 is 25.4 Å². The SMILES string of the molecule is C[Si](C)(O)OC[Si](C)(C)O[Si](C)(C)O. The van der Waals surface area contributed by atoms with E-state index >= 15 is 0 Å². The van der Waals surface area contributed by atoms with E-state index in [2.05, 4.69) is 0 Å². The molecule has 4 nitrogen and oxygen atoms in total. The number of rotatable bonds is 5. The molecule has 0 saturated heterocycles. The molecule has 0 unspecified atom stereocenters. The van der Waals surface area contributed by atoms with Crippen LogP contribution in [-0.4, -0.2) is 41.3 Å². The quantitative estimate of drug-likeness (QED) is 0.723. The van der Waals surface area contributed by atoms with Crippen molar-refractivity contribution in [1.29, 1.82) is 0 Å². The largest absolute Gasteiger partial charge is 0.434 e. The van der Waals surface area contributed by atoms with Gasteiger partial charge >= 0.3 is 17.1 Å². The van der Waals surface area contributed by atoms with Gasteiger partial charge in [-0.15, -0.1) is 0 Å². The molecule has 0 rings (SSSR count). The summed E-state index contributed by atoms with van der Waals surface area (Å²) in [6, 6.07) is 0. The predicted molar refractivity (Wildman–Crippen MR) is 63.9 cm³/mol. The third-order valence-electron chi connectivity index (χ3n) is 1.30. The van der Waals surface area contributed by atoms with Crippen LogP contribution in [0.3, 0.4) is 0 Å².